The molecule has 7 heteroatoms. The van der Waals surface area contributed by atoms with E-state index in [2.05, 4.69) is 41.4 Å². The molecular weight excluding hydrogens is 381 g/mol. The van der Waals surface area contributed by atoms with E-state index in [1.165, 1.54) is 11.1 Å². The van der Waals surface area contributed by atoms with Crippen LogP contribution in [-0.2, 0) is 11.5 Å². The third-order valence-electron chi connectivity index (χ3n) is 3.65. The first-order valence-electron chi connectivity index (χ1n) is 7.30. The van der Waals surface area contributed by atoms with Crippen LogP contribution in [-0.4, -0.2) is 14.8 Å². The minimum atomic E-state index is 0.496. The molecule has 0 saturated heterocycles. The van der Waals surface area contributed by atoms with Crippen LogP contribution in [0.5, 0.6) is 0 Å². The second-order valence-corrected chi connectivity index (χ2v) is 7.48. The molecule has 0 aliphatic heterocycles. The third-order valence-corrected chi connectivity index (χ3v) is 5.64. The van der Waals surface area contributed by atoms with E-state index in [0.717, 1.165) is 23.0 Å². The number of nitrogens with one attached hydrogen (secondary N) is 1. The summed E-state index contributed by atoms with van der Waals surface area (Å²) in [5, 5.41) is 8.22. The van der Waals surface area contributed by atoms with Crippen LogP contribution in [0.4, 0.5) is 0 Å². The average molecular weight is 396 g/mol. The van der Waals surface area contributed by atoms with Gasteiger partial charge in [0.1, 0.15) is 5.82 Å². The van der Waals surface area contributed by atoms with Gasteiger partial charge in [-0.2, -0.15) is 5.10 Å². The van der Waals surface area contributed by atoms with E-state index < -0.39 is 0 Å². The molecule has 0 bridgehead atoms. The number of rotatable bonds is 5. The van der Waals surface area contributed by atoms with Gasteiger partial charge in [0.05, 0.1) is 21.5 Å². The van der Waals surface area contributed by atoms with Crippen molar-refractivity contribution in [1.82, 2.24) is 14.8 Å². The van der Waals surface area contributed by atoms with Gasteiger partial charge in [-0.15, -0.1) is 11.8 Å². The summed E-state index contributed by atoms with van der Waals surface area (Å²) in [5.41, 5.74) is 3.49. The second-order valence-electron chi connectivity index (χ2n) is 5.30. The molecule has 0 atom stereocenters. The van der Waals surface area contributed by atoms with E-state index in [1.807, 2.05) is 10.6 Å². The number of aromatic nitrogens is 3. The molecule has 0 aliphatic rings. The van der Waals surface area contributed by atoms with Gasteiger partial charge in [0.15, 0.2) is 4.77 Å². The molecule has 0 saturated carbocycles. The fourth-order valence-electron chi connectivity index (χ4n) is 2.34. The van der Waals surface area contributed by atoms with Crippen LogP contribution < -0.4 is 0 Å². The van der Waals surface area contributed by atoms with Crippen molar-refractivity contribution in [2.45, 2.75) is 18.4 Å². The Labute approximate surface area is 160 Å². The highest BCUT2D eigenvalue weighted by Crippen LogP contribution is 2.26. The molecule has 1 aromatic heterocycles. The van der Waals surface area contributed by atoms with E-state index >= 15 is 0 Å². The third kappa shape index (κ3) is 3.86. The Morgan fingerprint density at radius 2 is 1.92 bits per heavy atom. The van der Waals surface area contributed by atoms with E-state index in [0.29, 0.717) is 14.8 Å². The lowest BCUT2D eigenvalue weighted by Gasteiger charge is -2.09. The van der Waals surface area contributed by atoms with E-state index in [1.54, 1.807) is 23.9 Å². The lowest BCUT2D eigenvalue weighted by Crippen LogP contribution is -2.00. The molecule has 0 fully saturated rings. The molecule has 3 rings (SSSR count). The first-order chi connectivity index (χ1) is 11.6. The van der Waals surface area contributed by atoms with Crippen molar-refractivity contribution >= 4 is 47.2 Å². The summed E-state index contributed by atoms with van der Waals surface area (Å²) < 4.78 is 2.43. The predicted octanol–water partition coefficient (Wildman–Crippen LogP) is 5.98. The summed E-state index contributed by atoms with van der Waals surface area (Å²) in [5.74, 6) is 2.52. The Bertz CT molecular complexity index is 918. The Morgan fingerprint density at radius 1 is 1.12 bits per heavy atom. The van der Waals surface area contributed by atoms with Gasteiger partial charge in [0, 0.05) is 5.75 Å². The summed E-state index contributed by atoms with van der Waals surface area (Å²) in [6, 6.07) is 13.8. The van der Waals surface area contributed by atoms with Crippen LogP contribution in [0.1, 0.15) is 17.0 Å². The highest BCUT2D eigenvalue weighted by Gasteiger charge is 2.10. The molecule has 2 aromatic carbocycles. The highest BCUT2D eigenvalue weighted by atomic mass is 35.5. The molecule has 0 aliphatic carbocycles. The van der Waals surface area contributed by atoms with Crippen LogP contribution in [0.15, 0.2) is 42.5 Å². The molecule has 0 unspecified atom stereocenters. The first-order valence-corrected chi connectivity index (χ1v) is 9.62. The van der Waals surface area contributed by atoms with E-state index in [9.17, 15) is 0 Å². The predicted molar refractivity (Wildman–Crippen MR) is 105 cm³/mol. The van der Waals surface area contributed by atoms with Crippen molar-refractivity contribution in [2.24, 2.45) is 0 Å². The lowest BCUT2D eigenvalue weighted by atomic mass is 10.1. The van der Waals surface area contributed by atoms with Gasteiger partial charge in [-0.05, 0) is 48.5 Å². The lowest BCUT2D eigenvalue weighted by molar-refractivity contribution is 0.949. The largest absolute Gasteiger partial charge is 0.271 e. The molecule has 3 nitrogen and oxygen atoms in total. The number of H-pyrrole nitrogens is 1. The van der Waals surface area contributed by atoms with Crippen molar-refractivity contribution in [2.75, 3.05) is 0 Å². The quantitative estimate of drug-likeness (QED) is 0.539. The minimum absolute atomic E-state index is 0.496. The van der Waals surface area contributed by atoms with Gasteiger partial charge in [-0.1, -0.05) is 47.5 Å². The molecule has 3 aromatic rings. The number of hydrogen-bond donors (Lipinski definition) is 1. The van der Waals surface area contributed by atoms with E-state index in [4.69, 9.17) is 35.4 Å². The summed E-state index contributed by atoms with van der Waals surface area (Å²) in [6.07, 6.45) is 0. The maximum Gasteiger partial charge on any atom is 0.199 e. The normalized spacial score (nSPS) is 11.0. The zero-order valence-electron chi connectivity index (χ0n) is 12.9. The maximum absolute atomic E-state index is 6.12. The van der Waals surface area contributed by atoms with Crippen LogP contribution >= 0.6 is 47.2 Å². The van der Waals surface area contributed by atoms with Crippen molar-refractivity contribution in [1.29, 1.82) is 0 Å². The summed E-state index contributed by atoms with van der Waals surface area (Å²) >= 11 is 19.3. The van der Waals surface area contributed by atoms with Crippen molar-refractivity contribution in [3.63, 3.8) is 0 Å². The number of nitrogens with zero attached hydrogens (tertiary/aromatic N) is 2. The molecular formula is C17H15Cl2N3S2. The topological polar surface area (TPSA) is 33.6 Å². The monoisotopic (exact) mass is 395 g/mol. The first kappa shape index (κ1) is 17.5. The molecule has 124 valence electrons. The number of hydrogen-bond acceptors (Lipinski definition) is 3. The summed E-state index contributed by atoms with van der Waals surface area (Å²) in [7, 11) is 0. The van der Waals surface area contributed by atoms with Crippen molar-refractivity contribution < 1.29 is 0 Å². The number of thioether (sulfide) groups is 1. The van der Waals surface area contributed by atoms with Gasteiger partial charge in [-0.3, -0.25) is 9.67 Å². The number of aryl methyl sites for hydroxylation is 1. The molecule has 0 radical (unpaired) electrons. The Morgan fingerprint density at radius 3 is 2.67 bits per heavy atom. The zero-order chi connectivity index (χ0) is 17.1. The second kappa shape index (κ2) is 7.74. The van der Waals surface area contributed by atoms with Crippen LogP contribution in [0.25, 0.3) is 5.69 Å². The summed E-state index contributed by atoms with van der Waals surface area (Å²) in [6.45, 7) is 2.13. The molecule has 1 N–H and O–H groups in total. The van der Waals surface area contributed by atoms with Crippen LogP contribution in [0.2, 0.25) is 10.0 Å². The zero-order valence-corrected chi connectivity index (χ0v) is 16.1. The Hall–Kier alpha value is -1.27. The summed E-state index contributed by atoms with van der Waals surface area (Å²) in [4.78, 5) is 0. The van der Waals surface area contributed by atoms with Gasteiger partial charge >= 0.3 is 0 Å². The van der Waals surface area contributed by atoms with Gasteiger partial charge in [0.2, 0.25) is 0 Å². The standard InChI is InChI=1S/C17H15Cl2N3S2/c1-11-4-2-3-5-12(11)9-24-10-16-20-21-17(23)22(16)13-6-7-14(18)15(19)8-13/h2-8H,9-10H2,1H3,(H,21,23). The number of benzene rings is 2. The number of aromatic amines is 1. The van der Waals surface area contributed by atoms with E-state index in [-0.39, 0.29) is 0 Å². The Balaban J connectivity index is 1.79. The van der Waals surface area contributed by atoms with Gasteiger partial charge in [0.25, 0.3) is 0 Å². The van der Waals surface area contributed by atoms with Crippen LogP contribution in [0.3, 0.4) is 0 Å². The number of halogens is 2. The smallest absolute Gasteiger partial charge is 0.199 e. The molecule has 0 spiro atoms. The fourth-order valence-corrected chi connectivity index (χ4v) is 3.91. The minimum Gasteiger partial charge on any atom is -0.271 e. The average Bonchev–Trinajstić information content (AvgIpc) is 2.93. The fraction of sp³-hybridized carbons (Fsp3) is 0.176. The van der Waals surface area contributed by atoms with Crippen LogP contribution in [0, 0.1) is 11.7 Å². The Kier molecular flexibility index (Phi) is 5.66. The van der Waals surface area contributed by atoms with Crippen molar-refractivity contribution in [3.05, 3.63) is 74.2 Å². The highest BCUT2D eigenvalue weighted by molar-refractivity contribution is 7.97. The van der Waals surface area contributed by atoms with Crippen molar-refractivity contribution in [3.8, 4) is 5.69 Å². The SMILES string of the molecule is Cc1ccccc1CSCc1n[nH]c(=S)n1-c1ccc(Cl)c(Cl)c1. The molecule has 0 amide bonds. The maximum atomic E-state index is 6.12. The molecule has 1 heterocycles. The van der Waals surface area contributed by atoms with Gasteiger partial charge < -0.3 is 0 Å². The molecule has 24 heavy (non-hydrogen) atoms. The van der Waals surface area contributed by atoms with Gasteiger partial charge in [-0.25, -0.2) is 0 Å².